The van der Waals surface area contributed by atoms with E-state index in [0.29, 0.717) is 6.42 Å². The molecular formula is C10H16N4O3. The Balaban J connectivity index is 1.88. The molecule has 1 aliphatic rings. The van der Waals surface area contributed by atoms with Crippen molar-refractivity contribution in [3.63, 3.8) is 0 Å². The van der Waals surface area contributed by atoms with Crippen LogP contribution in [0.2, 0.25) is 0 Å². The zero-order chi connectivity index (χ0) is 12.3. The van der Waals surface area contributed by atoms with Crippen LogP contribution in [-0.2, 0) is 9.53 Å². The quantitative estimate of drug-likeness (QED) is 0.791. The summed E-state index contributed by atoms with van der Waals surface area (Å²) < 4.78 is 10.2. The summed E-state index contributed by atoms with van der Waals surface area (Å²) in [6.07, 6.45) is 3.30. The number of ether oxygens (including phenoxy) is 2. The number of H-pyrrole nitrogens is 1. The summed E-state index contributed by atoms with van der Waals surface area (Å²) in [5.74, 6) is 0.155. The summed E-state index contributed by atoms with van der Waals surface area (Å²) in [5.41, 5.74) is -0.284. The van der Waals surface area contributed by atoms with Crippen LogP contribution in [0.5, 0.6) is 6.01 Å². The van der Waals surface area contributed by atoms with Crippen LogP contribution in [0.1, 0.15) is 25.7 Å². The predicted octanol–water partition coefficient (Wildman–Crippen LogP) is 0.711. The van der Waals surface area contributed by atoms with E-state index in [0.717, 1.165) is 19.3 Å². The smallest absolute Gasteiger partial charge is 0.336 e. The fourth-order valence-electron chi connectivity index (χ4n) is 1.89. The summed E-state index contributed by atoms with van der Waals surface area (Å²) in [5, 5.41) is 8.93. The molecule has 1 aliphatic carbocycles. The summed E-state index contributed by atoms with van der Waals surface area (Å²) >= 11 is 0. The second kappa shape index (κ2) is 4.70. The third-order valence-electron chi connectivity index (χ3n) is 3.09. The van der Waals surface area contributed by atoms with Crippen LogP contribution < -0.4 is 10.1 Å². The normalized spacial score (nSPS) is 17.3. The molecule has 1 amide bonds. The number of carbonyl (C=O) groups is 1. The zero-order valence-electron chi connectivity index (χ0n) is 9.95. The third-order valence-corrected chi connectivity index (χ3v) is 3.09. The highest BCUT2D eigenvalue weighted by molar-refractivity contribution is 5.89. The van der Waals surface area contributed by atoms with Gasteiger partial charge in [-0.25, -0.2) is 5.10 Å². The number of nitrogens with one attached hydrogen (secondary N) is 2. The average Bonchev–Trinajstić information content (AvgIpc) is 2.71. The number of aromatic nitrogens is 3. The van der Waals surface area contributed by atoms with Crippen molar-refractivity contribution >= 4 is 11.9 Å². The van der Waals surface area contributed by atoms with Gasteiger partial charge in [0.25, 0.3) is 0 Å². The van der Waals surface area contributed by atoms with E-state index >= 15 is 0 Å². The molecule has 7 nitrogen and oxygen atoms in total. The lowest BCUT2D eigenvalue weighted by Gasteiger charge is -2.39. The van der Waals surface area contributed by atoms with E-state index in [4.69, 9.17) is 9.47 Å². The summed E-state index contributed by atoms with van der Waals surface area (Å²) in [4.78, 5) is 15.7. The van der Waals surface area contributed by atoms with E-state index in [1.165, 1.54) is 7.11 Å². The molecule has 2 N–H and O–H groups in total. The second-order valence-electron chi connectivity index (χ2n) is 4.14. The van der Waals surface area contributed by atoms with Crippen LogP contribution in [-0.4, -0.2) is 40.9 Å². The lowest BCUT2D eigenvalue weighted by Crippen LogP contribution is -2.42. The van der Waals surface area contributed by atoms with Gasteiger partial charge in [0.05, 0.1) is 19.1 Å². The SMILES string of the molecule is COc1n[nH]c(NC(=O)CC2(OC)CCC2)n1. The molecule has 0 atom stereocenters. The van der Waals surface area contributed by atoms with E-state index in [2.05, 4.69) is 20.5 Å². The first kappa shape index (κ1) is 11.8. The molecular weight excluding hydrogens is 224 g/mol. The number of hydrogen-bond donors (Lipinski definition) is 2. The minimum atomic E-state index is -0.284. The van der Waals surface area contributed by atoms with Gasteiger partial charge in [-0.1, -0.05) is 0 Å². The number of aromatic amines is 1. The molecule has 1 aromatic heterocycles. The molecule has 1 saturated carbocycles. The summed E-state index contributed by atoms with van der Waals surface area (Å²) in [7, 11) is 3.10. The van der Waals surface area contributed by atoms with Gasteiger partial charge in [0.15, 0.2) is 0 Å². The van der Waals surface area contributed by atoms with Gasteiger partial charge in [0.2, 0.25) is 11.9 Å². The molecule has 0 aliphatic heterocycles. The highest BCUT2D eigenvalue weighted by Crippen LogP contribution is 2.38. The van der Waals surface area contributed by atoms with E-state index < -0.39 is 0 Å². The molecule has 1 aromatic rings. The number of amides is 1. The average molecular weight is 240 g/mol. The number of rotatable bonds is 5. The van der Waals surface area contributed by atoms with E-state index in [1.807, 2.05) is 0 Å². The van der Waals surface area contributed by atoms with Crippen molar-refractivity contribution in [3.8, 4) is 6.01 Å². The zero-order valence-corrected chi connectivity index (χ0v) is 9.95. The Labute approximate surface area is 98.9 Å². The first-order valence-electron chi connectivity index (χ1n) is 5.49. The molecule has 2 rings (SSSR count). The highest BCUT2D eigenvalue weighted by Gasteiger charge is 2.39. The van der Waals surface area contributed by atoms with Crippen LogP contribution in [0.3, 0.4) is 0 Å². The maximum atomic E-state index is 11.8. The topological polar surface area (TPSA) is 89.1 Å². The van der Waals surface area contributed by atoms with Gasteiger partial charge in [0, 0.05) is 7.11 Å². The van der Waals surface area contributed by atoms with E-state index in [9.17, 15) is 4.79 Å². The lowest BCUT2D eigenvalue weighted by molar-refractivity contribution is -0.129. The molecule has 1 heterocycles. The Hall–Kier alpha value is -1.63. The Kier molecular flexibility index (Phi) is 3.28. The van der Waals surface area contributed by atoms with Crippen LogP contribution in [0.4, 0.5) is 5.95 Å². The number of methoxy groups -OCH3 is 2. The Morgan fingerprint density at radius 1 is 1.53 bits per heavy atom. The van der Waals surface area contributed by atoms with E-state index in [-0.39, 0.29) is 23.5 Å². The van der Waals surface area contributed by atoms with Gasteiger partial charge in [-0.05, 0) is 19.3 Å². The minimum Gasteiger partial charge on any atom is -0.466 e. The van der Waals surface area contributed by atoms with Gasteiger partial charge in [-0.3, -0.25) is 10.1 Å². The summed E-state index contributed by atoms with van der Waals surface area (Å²) in [6, 6.07) is 0.199. The Bertz CT molecular complexity index is 395. The molecule has 0 aromatic carbocycles. The van der Waals surface area contributed by atoms with Crippen LogP contribution >= 0.6 is 0 Å². The molecule has 0 bridgehead atoms. The van der Waals surface area contributed by atoms with Gasteiger partial charge in [-0.15, -0.1) is 5.10 Å². The van der Waals surface area contributed by atoms with Crippen molar-refractivity contribution in [2.24, 2.45) is 0 Å². The monoisotopic (exact) mass is 240 g/mol. The van der Waals surface area contributed by atoms with Crippen molar-refractivity contribution in [2.45, 2.75) is 31.3 Å². The maximum Gasteiger partial charge on any atom is 0.336 e. The lowest BCUT2D eigenvalue weighted by atomic mass is 9.77. The first-order valence-corrected chi connectivity index (χ1v) is 5.49. The van der Waals surface area contributed by atoms with Gasteiger partial charge >= 0.3 is 6.01 Å². The molecule has 0 unspecified atom stereocenters. The predicted molar refractivity (Wildman–Crippen MR) is 59.8 cm³/mol. The Morgan fingerprint density at radius 3 is 2.76 bits per heavy atom. The molecule has 0 radical (unpaired) electrons. The molecule has 94 valence electrons. The van der Waals surface area contributed by atoms with Crippen LogP contribution in [0.15, 0.2) is 0 Å². The number of nitrogens with zero attached hydrogens (tertiary/aromatic N) is 2. The molecule has 7 heteroatoms. The molecule has 0 saturated heterocycles. The fourth-order valence-corrected chi connectivity index (χ4v) is 1.89. The largest absolute Gasteiger partial charge is 0.466 e. The van der Waals surface area contributed by atoms with Crippen molar-refractivity contribution in [3.05, 3.63) is 0 Å². The molecule has 17 heavy (non-hydrogen) atoms. The third kappa shape index (κ3) is 2.55. The van der Waals surface area contributed by atoms with Crippen molar-refractivity contribution in [2.75, 3.05) is 19.5 Å². The fraction of sp³-hybridized carbons (Fsp3) is 0.700. The van der Waals surface area contributed by atoms with Crippen molar-refractivity contribution in [1.82, 2.24) is 15.2 Å². The van der Waals surface area contributed by atoms with Crippen LogP contribution in [0.25, 0.3) is 0 Å². The number of hydrogen-bond acceptors (Lipinski definition) is 5. The molecule has 1 fully saturated rings. The number of carbonyl (C=O) groups excluding carboxylic acids is 1. The van der Waals surface area contributed by atoms with Crippen molar-refractivity contribution < 1.29 is 14.3 Å². The highest BCUT2D eigenvalue weighted by atomic mass is 16.5. The Morgan fingerprint density at radius 2 is 2.29 bits per heavy atom. The van der Waals surface area contributed by atoms with Gasteiger partial charge in [-0.2, -0.15) is 4.98 Å². The first-order chi connectivity index (χ1) is 8.17. The van der Waals surface area contributed by atoms with Crippen LogP contribution in [0, 0.1) is 0 Å². The second-order valence-corrected chi connectivity index (χ2v) is 4.14. The van der Waals surface area contributed by atoms with Gasteiger partial charge < -0.3 is 9.47 Å². The van der Waals surface area contributed by atoms with Crippen molar-refractivity contribution in [1.29, 1.82) is 0 Å². The van der Waals surface area contributed by atoms with Gasteiger partial charge in [0.1, 0.15) is 0 Å². The molecule has 0 spiro atoms. The number of anilines is 1. The maximum absolute atomic E-state index is 11.8. The van der Waals surface area contributed by atoms with E-state index in [1.54, 1.807) is 7.11 Å². The minimum absolute atomic E-state index is 0.134. The summed E-state index contributed by atoms with van der Waals surface area (Å²) in [6.45, 7) is 0. The standard InChI is InChI=1S/C10H16N4O3/c1-16-9-12-8(13-14-9)11-7(15)6-10(17-2)4-3-5-10/h3-6H2,1-2H3,(H2,11,12,13,14,15).